The van der Waals surface area contributed by atoms with Crippen LogP contribution in [0.1, 0.15) is 37.7 Å². The number of carbonyl (C=O) groups excluding carboxylic acids is 3. The Hall–Kier alpha value is -2.59. The van der Waals surface area contributed by atoms with E-state index in [2.05, 4.69) is 5.32 Å². The van der Waals surface area contributed by atoms with Gasteiger partial charge in [-0.15, -0.1) is 0 Å². The molecule has 3 amide bonds. The molecule has 0 aliphatic carbocycles. The molecule has 2 fully saturated rings. The zero-order chi connectivity index (χ0) is 24.7. The maximum absolute atomic E-state index is 13.6. The van der Waals surface area contributed by atoms with Crippen molar-refractivity contribution in [1.29, 1.82) is 0 Å². The van der Waals surface area contributed by atoms with Crippen molar-refractivity contribution in [3.8, 4) is 0 Å². The highest BCUT2D eigenvalue weighted by atomic mass is 32.2. The van der Waals surface area contributed by atoms with Gasteiger partial charge in [-0.25, -0.2) is 4.79 Å². The molecule has 1 aromatic rings. The molecule has 34 heavy (non-hydrogen) atoms. The van der Waals surface area contributed by atoms with Gasteiger partial charge in [-0.1, -0.05) is 30.3 Å². The second-order valence-electron chi connectivity index (χ2n) is 8.86. The van der Waals surface area contributed by atoms with Crippen molar-refractivity contribution in [2.24, 2.45) is 5.73 Å². The Morgan fingerprint density at radius 1 is 1.09 bits per heavy atom. The number of benzene rings is 1. The highest BCUT2D eigenvalue weighted by Crippen LogP contribution is 2.26. The standard InChI is InChI=1S/C24H34N4O5S/c1-34-14-11-17(25)21(29)26-18(15-16-7-3-2-4-8-16)22(30)27-12-5-9-19(27)23(31)28-13-6-10-20(28)24(32)33/h2-4,7-8,17-20H,5-6,9-15,25H2,1H3,(H,26,29)(H,32,33). The number of rotatable bonds is 10. The van der Waals surface area contributed by atoms with Gasteiger partial charge >= 0.3 is 5.97 Å². The van der Waals surface area contributed by atoms with Gasteiger partial charge < -0.3 is 26.0 Å². The summed E-state index contributed by atoms with van der Waals surface area (Å²) in [6, 6.07) is 6.22. The smallest absolute Gasteiger partial charge is 0.326 e. The highest BCUT2D eigenvalue weighted by Gasteiger charge is 2.43. The van der Waals surface area contributed by atoms with Gasteiger partial charge in [-0.05, 0) is 49.7 Å². The topological polar surface area (TPSA) is 133 Å². The lowest BCUT2D eigenvalue weighted by Gasteiger charge is -2.32. The van der Waals surface area contributed by atoms with E-state index in [4.69, 9.17) is 5.73 Å². The Bertz CT molecular complexity index is 883. The molecule has 0 spiro atoms. The first-order chi connectivity index (χ1) is 16.3. The van der Waals surface area contributed by atoms with Gasteiger partial charge in [-0.3, -0.25) is 14.4 Å². The maximum Gasteiger partial charge on any atom is 0.326 e. The molecule has 0 bridgehead atoms. The molecule has 9 nitrogen and oxygen atoms in total. The number of thioether (sulfide) groups is 1. The summed E-state index contributed by atoms with van der Waals surface area (Å²) in [7, 11) is 0. The van der Waals surface area contributed by atoms with Gasteiger partial charge in [0.2, 0.25) is 17.7 Å². The Morgan fingerprint density at radius 3 is 2.38 bits per heavy atom. The number of carboxylic acids is 1. The van der Waals surface area contributed by atoms with Crippen LogP contribution in [0.5, 0.6) is 0 Å². The molecule has 2 aliphatic heterocycles. The first kappa shape index (κ1) is 26.0. The summed E-state index contributed by atoms with van der Waals surface area (Å²) in [5.41, 5.74) is 6.91. The molecule has 0 radical (unpaired) electrons. The van der Waals surface area contributed by atoms with Gasteiger partial charge in [0.25, 0.3) is 0 Å². The lowest BCUT2D eigenvalue weighted by atomic mass is 10.0. The van der Waals surface area contributed by atoms with Crippen molar-refractivity contribution in [3.05, 3.63) is 35.9 Å². The number of nitrogens with two attached hydrogens (primary N) is 1. The first-order valence-electron chi connectivity index (χ1n) is 11.8. The van der Waals surface area contributed by atoms with E-state index in [0.29, 0.717) is 45.2 Å². The SMILES string of the molecule is CSCCC(N)C(=O)NC(Cc1ccccc1)C(=O)N1CCCC1C(=O)N1CCCC1C(=O)O. The van der Waals surface area contributed by atoms with Crippen LogP contribution in [0.25, 0.3) is 0 Å². The monoisotopic (exact) mass is 490 g/mol. The van der Waals surface area contributed by atoms with Gasteiger partial charge in [0.05, 0.1) is 6.04 Å². The number of nitrogens with one attached hydrogen (secondary N) is 1. The minimum absolute atomic E-state index is 0.277. The quantitative estimate of drug-likeness (QED) is 0.443. The fourth-order valence-electron chi connectivity index (χ4n) is 4.67. The van der Waals surface area contributed by atoms with Crippen LogP contribution in [0.3, 0.4) is 0 Å². The molecule has 4 N–H and O–H groups in total. The third kappa shape index (κ3) is 6.29. The van der Waals surface area contributed by atoms with E-state index < -0.39 is 36.0 Å². The molecular formula is C24H34N4O5S. The highest BCUT2D eigenvalue weighted by molar-refractivity contribution is 7.98. The van der Waals surface area contributed by atoms with Crippen LogP contribution in [-0.4, -0.2) is 87.9 Å². The van der Waals surface area contributed by atoms with Gasteiger partial charge in [0.1, 0.15) is 18.1 Å². The Morgan fingerprint density at radius 2 is 1.74 bits per heavy atom. The van der Waals surface area contributed by atoms with E-state index in [1.54, 1.807) is 11.8 Å². The minimum atomic E-state index is -1.02. The lowest BCUT2D eigenvalue weighted by molar-refractivity contribution is -0.152. The third-order valence-electron chi connectivity index (χ3n) is 6.51. The Labute approximate surface area is 204 Å². The Balaban J connectivity index is 1.77. The molecule has 4 atom stereocenters. The zero-order valence-corrected chi connectivity index (χ0v) is 20.3. The number of aliphatic carboxylic acids is 1. The molecule has 4 unspecified atom stereocenters. The molecule has 2 aliphatic rings. The van der Waals surface area contributed by atoms with Crippen molar-refractivity contribution >= 4 is 35.5 Å². The zero-order valence-electron chi connectivity index (χ0n) is 19.5. The number of carbonyl (C=O) groups is 4. The lowest BCUT2D eigenvalue weighted by Crippen LogP contribution is -2.57. The number of nitrogens with zero attached hydrogens (tertiary/aromatic N) is 2. The van der Waals surface area contributed by atoms with Crippen LogP contribution in [0.2, 0.25) is 0 Å². The van der Waals surface area contributed by atoms with E-state index >= 15 is 0 Å². The summed E-state index contributed by atoms with van der Waals surface area (Å²) in [4.78, 5) is 54.2. The minimum Gasteiger partial charge on any atom is -0.480 e. The van der Waals surface area contributed by atoms with Crippen LogP contribution in [0.4, 0.5) is 0 Å². The molecule has 0 aromatic heterocycles. The average Bonchev–Trinajstić information content (AvgIpc) is 3.52. The predicted molar refractivity (Wildman–Crippen MR) is 130 cm³/mol. The average molecular weight is 491 g/mol. The van der Waals surface area contributed by atoms with Crippen LogP contribution < -0.4 is 11.1 Å². The number of hydrogen-bond donors (Lipinski definition) is 3. The molecule has 10 heteroatoms. The fourth-order valence-corrected chi connectivity index (χ4v) is 5.16. The number of carboxylic acid groups (broad SMARTS) is 1. The second kappa shape index (κ2) is 12.2. The summed E-state index contributed by atoms with van der Waals surface area (Å²) in [6.07, 6.45) is 4.88. The third-order valence-corrected chi connectivity index (χ3v) is 7.15. The van der Waals surface area contributed by atoms with Gasteiger partial charge in [0.15, 0.2) is 0 Å². The molecule has 2 saturated heterocycles. The number of hydrogen-bond acceptors (Lipinski definition) is 6. The summed E-state index contributed by atoms with van der Waals surface area (Å²) >= 11 is 1.59. The van der Waals surface area contributed by atoms with Crippen LogP contribution >= 0.6 is 11.8 Å². The van der Waals surface area contributed by atoms with Crippen LogP contribution in [-0.2, 0) is 25.6 Å². The fraction of sp³-hybridized carbons (Fsp3) is 0.583. The molecule has 186 valence electrons. The van der Waals surface area contributed by atoms with Crippen LogP contribution in [0, 0.1) is 0 Å². The van der Waals surface area contributed by atoms with E-state index in [-0.39, 0.29) is 18.2 Å². The van der Waals surface area contributed by atoms with Crippen molar-refractivity contribution in [2.45, 2.75) is 62.7 Å². The molecule has 2 heterocycles. The van der Waals surface area contributed by atoms with Gasteiger partial charge in [0, 0.05) is 19.5 Å². The summed E-state index contributed by atoms with van der Waals surface area (Å²) in [5, 5.41) is 12.3. The van der Waals surface area contributed by atoms with E-state index in [1.807, 2.05) is 36.6 Å². The summed E-state index contributed by atoms with van der Waals surface area (Å²) in [6.45, 7) is 0.767. The van der Waals surface area contributed by atoms with Crippen molar-refractivity contribution in [1.82, 2.24) is 15.1 Å². The number of likely N-dealkylation sites (tertiary alicyclic amines) is 2. The van der Waals surface area contributed by atoms with Crippen molar-refractivity contribution in [2.75, 3.05) is 25.1 Å². The summed E-state index contributed by atoms with van der Waals surface area (Å²) < 4.78 is 0. The van der Waals surface area contributed by atoms with Gasteiger partial charge in [-0.2, -0.15) is 11.8 Å². The molecule has 1 aromatic carbocycles. The predicted octanol–water partition coefficient (Wildman–Crippen LogP) is 0.861. The summed E-state index contributed by atoms with van der Waals surface area (Å²) in [5.74, 6) is -1.34. The van der Waals surface area contributed by atoms with Crippen molar-refractivity contribution < 1.29 is 24.3 Å². The normalized spacial score (nSPS) is 21.8. The number of amides is 3. The van der Waals surface area contributed by atoms with Crippen molar-refractivity contribution in [3.63, 3.8) is 0 Å². The van der Waals surface area contributed by atoms with Crippen LogP contribution in [0.15, 0.2) is 30.3 Å². The second-order valence-corrected chi connectivity index (χ2v) is 9.84. The van der Waals surface area contributed by atoms with E-state index in [9.17, 15) is 24.3 Å². The first-order valence-corrected chi connectivity index (χ1v) is 13.2. The Kier molecular flexibility index (Phi) is 9.35. The molecular weight excluding hydrogens is 456 g/mol. The maximum atomic E-state index is 13.6. The van der Waals surface area contributed by atoms with E-state index in [0.717, 1.165) is 11.3 Å². The molecule has 3 rings (SSSR count). The largest absolute Gasteiger partial charge is 0.480 e. The van der Waals surface area contributed by atoms with E-state index in [1.165, 1.54) is 9.80 Å². The molecule has 0 saturated carbocycles.